The number of carbonyl (C=O) groups excluding carboxylic acids is 2. The maximum atomic E-state index is 13.3. The predicted octanol–water partition coefficient (Wildman–Crippen LogP) is 1.42. The van der Waals surface area contributed by atoms with Gasteiger partial charge < -0.3 is 5.73 Å². The summed E-state index contributed by atoms with van der Waals surface area (Å²) in [4.78, 5) is 29.9. The minimum atomic E-state index is -4.30. The Kier molecular flexibility index (Phi) is 6.98. The molecular weight excluding hydrogens is 422 g/mol. The van der Waals surface area contributed by atoms with Crippen LogP contribution >= 0.6 is 0 Å². The van der Waals surface area contributed by atoms with E-state index in [4.69, 9.17) is 5.73 Å². The lowest BCUT2D eigenvalue weighted by atomic mass is 10.1. The summed E-state index contributed by atoms with van der Waals surface area (Å²) in [7, 11) is -8.15. The smallest absolute Gasteiger partial charge is 0.332 e. The molecule has 2 rings (SSSR count). The van der Waals surface area contributed by atoms with Crippen molar-refractivity contribution >= 4 is 31.7 Å². The molecule has 0 heterocycles. The summed E-state index contributed by atoms with van der Waals surface area (Å²) in [6.45, 7) is 0. The fourth-order valence-electron chi connectivity index (χ4n) is 2.65. The Balaban J connectivity index is 2.46. The molecule has 29 heavy (non-hydrogen) atoms. The fourth-order valence-corrected chi connectivity index (χ4v) is 5.95. The highest BCUT2D eigenvalue weighted by Crippen LogP contribution is 2.28. The largest absolute Gasteiger partial charge is 0.447 e. The van der Waals surface area contributed by atoms with Gasteiger partial charge in [-0.1, -0.05) is 42.5 Å². The van der Waals surface area contributed by atoms with E-state index in [9.17, 15) is 26.4 Å². The van der Waals surface area contributed by atoms with Gasteiger partial charge in [0.05, 0.1) is 21.5 Å². The zero-order chi connectivity index (χ0) is 21.7. The van der Waals surface area contributed by atoms with Crippen molar-refractivity contribution in [2.24, 2.45) is 5.73 Å². The number of hydrogen-bond donors (Lipinski definition) is 1. The SMILES string of the molecule is CS(=O)(=O)c1ccccc1S(=O)(=O)C(CC(=O)OOC(N)=O)Cc1ccccc1. The summed E-state index contributed by atoms with van der Waals surface area (Å²) < 4.78 is 50.7. The summed E-state index contributed by atoms with van der Waals surface area (Å²) in [5.74, 6) is -1.15. The number of primary amides is 1. The van der Waals surface area contributed by atoms with E-state index in [1.54, 1.807) is 30.3 Å². The van der Waals surface area contributed by atoms with Crippen molar-refractivity contribution in [2.75, 3.05) is 6.26 Å². The third-order valence-electron chi connectivity index (χ3n) is 3.91. The van der Waals surface area contributed by atoms with Gasteiger partial charge in [-0.05, 0) is 24.1 Å². The summed E-state index contributed by atoms with van der Waals surface area (Å²) in [5.41, 5.74) is 5.32. The number of amides is 1. The molecule has 2 N–H and O–H groups in total. The molecule has 0 bridgehead atoms. The van der Waals surface area contributed by atoms with Crippen molar-refractivity contribution in [3.8, 4) is 0 Å². The molecular formula is C18H19NO8S2. The minimum Gasteiger partial charge on any atom is -0.332 e. The van der Waals surface area contributed by atoms with Crippen molar-refractivity contribution in [1.29, 1.82) is 0 Å². The predicted molar refractivity (Wildman–Crippen MR) is 102 cm³/mol. The number of carbonyl (C=O) groups is 2. The molecule has 0 spiro atoms. The van der Waals surface area contributed by atoms with Crippen LogP contribution in [0.3, 0.4) is 0 Å². The van der Waals surface area contributed by atoms with E-state index in [0.29, 0.717) is 5.56 Å². The maximum absolute atomic E-state index is 13.3. The number of hydrogen-bond acceptors (Lipinski definition) is 8. The highest BCUT2D eigenvalue weighted by Gasteiger charge is 2.34. The lowest BCUT2D eigenvalue weighted by Gasteiger charge is -2.18. The fraction of sp³-hybridized carbons (Fsp3) is 0.222. The zero-order valence-corrected chi connectivity index (χ0v) is 17.0. The van der Waals surface area contributed by atoms with Gasteiger partial charge in [0.25, 0.3) is 0 Å². The second-order valence-corrected chi connectivity index (χ2v) is 10.3. The van der Waals surface area contributed by atoms with Crippen LogP contribution in [-0.2, 0) is 40.7 Å². The van der Waals surface area contributed by atoms with E-state index in [0.717, 1.165) is 12.3 Å². The van der Waals surface area contributed by atoms with Crippen molar-refractivity contribution in [2.45, 2.75) is 27.9 Å². The Morgan fingerprint density at radius 2 is 1.45 bits per heavy atom. The van der Waals surface area contributed by atoms with Gasteiger partial charge in [0.15, 0.2) is 19.7 Å². The molecule has 0 aliphatic carbocycles. The molecule has 11 heteroatoms. The van der Waals surface area contributed by atoms with E-state index in [1.807, 2.05) is 0 Å². The quantitative estimate of drug-likeness (QED) is 0.501. The number of benzene rings is 2. The van der Waals surface area contributed by atoms with Gasteiger partial charge in [0, 0.05) is 6.26 Å². The van der Waals surface area contributed by atoms with Crippen molar-refractivity contribution < 1.29 is 36.2 Å². The van der Waals surface area contributed by atoms with Gasteiger partial charge in [0.2, 0.25) is 0 Å². The lowest BCUT2D eigenvalue weighted by molar-refractivity contribution is -0.230. The Hall–Kier alpha value is -2.92. The van der Waals surface area contributed by atoms with Crippen LogP contribution in [0, 0.1) is 0 Å². The van der Waals surface area contributed by atoms with Gasteiger partial charge in [-0.3, -0.25) is 0 Å². The van der Waals surface area contributed by atoms with E-state index in [1.165, 1.54) is 18.2 Å². The molecule has 2 aromatic rings. The Bertz CT molecular complexity index is 1100. The molecule has 1 atom stereocenters. The first-order chi connectivity index (χ1) is 13.5. The summed E-state index contributed by atoms with van der Waals surface area (Å²) in [6, 6.07) is 13.6. The van der Waals surface area contributed by atoms with Gasteiger partial charge in [-0.2, -0.15) is 0 Å². The van der Waals surface area contributed by atoms with E-state index in [2.05, 4.69) is 9.78 Å². The van der Waals surface area contributed by atoms with Gasteiger partial charge in [0.1, 0.15) is 0 Å². The third kappa shape index (κ3) is 6.03. The molecule has 0 radical (unpaired) electrons. The molecule has 1 unspecified atom stereocenters. The molecule has 0 fully saturated rings. The summed E-state index contributed by atoms with van der Waals surface area (Å²) in [5, 5.41) is -1.38. The van der Waals surface area contributed by atoms with Crippen LogP contribution in [0.25, 0.3) is 0 Å². The molecule has 0 aliphatic rings. The van der Waals surface area contributed by atoms with Gasteiger partial charge in [-0.25, -0.2) is 36.2 Å². The number of nitrogens with two attached hydrogens (primary N) is 1. The van der Waals surface area contributed by atoms with Crippen LogP contribution < -0.4 is 5.73 Å². The normalized spacial score (nSPS) is 12.7. The summed E-state index contributed by atoms with van der Waals surface area (Å²) in [6.07, 6.45) is -1.28. The van der Waals surface area contributed by atoms with Crippen LogP contribution in [0.5, 0.6) is 0 Å². The average Bonchev–Trinajstić information content (AvgIpc) is 2.66. The second kappa shape index (κ2) is 9.05. The van der Waals surface area contributed by atoms with E-state index >= 15 is 0 Å². The van der Waals surface area contributed by atoms with Gasteiger partial charge in [-0.15, -0.1) is 0 Å². The molecule has 0 aliphatic heterocycles. The van der Waals surface area contributed by atoms with Gasteiger partial charge >= 0.3 is 12.1 Å². The first kappa shape index (κ1) is 22.4. The average molecular weight is 441 g/mol. The van der Waals surface area contributed by atoms with Crippen LogP contribution in [0.15, 0.2) is 64.4 Å². The standard InChI is InChI=1S/C18H19NO8S2/c1-28(22,23)15-9-5-6-10-16(15)29(24,25)14(11-13-7-3-2-4-8-13)12-17(20)26-27-18(19)21/h2-10,14H,11-12H2,1H3,(H2,19,21). The zero-order valence-electron chi connectivity index (χ0n) is 15.3. The van der Waals surface area contributed by atoms with Crippen molar-refractivity contribution in [1.82, 2.24) is 0 Å². The van der Waals surface area contributed by atoms with E-state index in [-0.39, 0.29) is 11.3 Å². The molecule has 0 saturated carbocycles. The molecule has 156 valence electrons. The highest BCUT2D eigenvalue weighted by atomic mass is 32.2. The Labute approximate surface area is 168 Å². The highest BCUT2D eigenvalue weighted by molar-refractivity contribution is 7.94. The summed E-state index contributed by atoms with van der Waals surface area (Å²) >= 11 is 0. The second-order valence-electron chi connectivity index (χ2n) is 6.14. The Morgan fingerprint density at radius 3 is 2.00 bits per heavy atom. The first-order valence-electron chi connectivity index (χ1n) is 8.25. The van der Waals surface area contributed by atoms with Crippen LogP contribution in [0.4, 0.5) is 4.79 Å². The number of sulfone groups is 2. The third-order valence-corrected chi connectivity index (χ3v) is 7.38. The first-order valence-corrected chi connectivity index (χ1v) is 11.7. The Morgan fingerprint density at radius 1 is 0.897 bits per heavy atom. The molecule has 9 nitrogen and oxygen atoms in total. The van der Waals surface area contributed by atoms with Crippen LogP contribution in [-0.4, -0.2) is 40.4 Å². The monoisotopic (exact) mass is 441 g/mol. The number of rotatable bonds is 7. The van der Waals surface area contributed by atoms with Crippen molar-refractivity contribution in [3.05, 3.63) is 60.2 Å². The molecule has 1 amide bonds. The molecule has 0 saturated heterocycles. The maximum Gasteiger partial charge on any atom is 0.447 e. The van der Waals surface area contributed by atoms with E-state index < -0.39 is 48.3 Å². The lowest BCUT2D eigenvalue weighted by Crippen LogP contribution is -2.29. The van der Waals surface area contributed by atoms with Crippen LogP contribution in [0.2, 0.25) is 0 Å². The topological polar surface area (TPSA) is 147 Å². The molecule has 0 aromatic heterocycles. The minimum absolute atomic E-state index is 0.104. The molecule has 2 aromatic carbocycles. The van der Waals surface area contributed by atoms with Crippen molar-refractivity contribution in [3.63, 3.8) is 0 Å². The van der Waals surface area contributed by atoms with Crippen LogP contribution in [0.1, 0.15) is 12.0 Å².